The van der Waals surface area contributed by atoms with Crippen LogP contribution in [0.2, 0.25) is 10.0 Å². The van der Waals surface area contributed by atoms with E-state index in [1.165, 1.54) is 0 Å². The van der Waals surface area contributed by atoms with Crippen LogP contribution in [0.25, 0.3) is 11.3 Å². The van der Waals surface area contributed by atoms with Gasteiger partial charge in [-0.25, -0.2) is 9.78 Å². The molecule has 2 aromatic carbocycles. The standard InChI is InChI=1S/C19H13Cl2NO3/c1-11-5-6-12(19(23)24)9-14(11)16-3-2-4-18(22-16)25-17-8-7-13(20)10-15(17)21/h2-10H,1H3,(H,23,24). The zero-order valence-corrected chi connectivity index (χ0v) is 14.7. The van der Waals surface area contributed by atoms with E-state index in [0.717, 1.165) is 11.1 Å². The van der Waals surface area contributed by atoms with E-state index in [-0.39, 0.29) is 5.56 Å². The molecule has 0 bridgehead atoms. The van der Waals surface area contributed by atoms with Crippen molar-refractivity contribution >= 4 is 29.2 Å². The fraction of sp³-hybridized carbons (Fsp3) is 0.0526. The molecule has 0 aliphatic rings. The lowest BCUT2D eigenvalue weighted by Crippen LogP contribution is -1.98. The number of hydrogen-bond acceptors (Lipinski definition) is 3. The van der Waals surface area contributed by atoms with Crippen LogP contribution in [0, 0.1) is 6.92 Å². The van der Waals surface area contributed by atoms with Gasteiger partial charge in [0.2, 0.25) is 5.88 Å². The second kappa shape index (κ2) is 7.13. The van der Waals surface area contributed by atoms with E-state index in [4.69, 9.17) is 27.9 Å². The molecular formula is C19H13Cl2NO3. The molecule has 0 fully saturated rings. The number of halogens is 2. The summed E-state index contributed by atoms with van der Waals surface area (Å²) >= 11 is 12.0. The minimum atomic E-state index is -0.985. The Labute approximate surface area is 154 Å². The van der Waals surface area contributed by atoms with Crippen molar-refractivity contribution in [3.8, 4) is 22.9 Å². The molecule has 0 aliphatic heterocycles. The molecule has 0 saturated carbocycles. The quantitative estimate of drug-likeness (QED) is 0.622. The van der Waals surface area contributed by atoms with Crippen LogP contribution in [0.15, 0.2) is 54.6 Å². The molecule has 0 radical (unpaired) electrons. The van der Waals surface area contributed by atoms with Gasteiger partial charge in [0.05, 0.1) is 16.3 Å². The van der Waals surface area contributed by atoms with E-state index in [9.17, 15) is 9.90 Å². The normalized spacial score (nSPS) is 10.5. The third-order valence-corrected chi connectivity index (χ3v) is 4.12. The summed E-state index contributed by atoms with van der Waals surface area (Å²) < 4.78 is 5.73. The third kappa shape index (κ3) is 3.92. The Bertz CT molecular complexity index is 957. The largest absolute Gasteiger partial charge is 0.478 e. The van der Waals surface area contributed by atoms with Crippen LogP contribution in [0.3, 0.4) is 0 Å². The fourth-order valence-electron chi connectivity index (χ4n) is 2.32. The molecular weight excluding hydrogens is 361 g/mol. The summed E-state index contributed by atoms with van der Waals surface area (Å²) in [6, 6.07) is 15.1. The maximum atomic E-state index is 11.2. The van der Waals surface area contributed by atoms with Gasteiger partial charge < -0.3 is 9.84 Å². The van der Waals surface area contributed by atoms with E-state index in [1.807, 2.05) is 6.92 Å². The number of hydrogen-bond donors (Lipinski definition) is 1. The predicted octanol–water partition coefficient (Wildman–Crippen LogP) is 5.85. The zero-order valence-electron chi connectivity index (χ0n) is 13.2. The van der Waals surface area contributed by atoms with Gasteiger partial charge in [-0.2, -0.15) is 0 Å². The van der Waals surface area contributed by atoms with Crippen molar-refractivity contribution in [3.63, 3.8) is 0 Å². The number of rotatable bonds is 4. The Kier molecular flexibility index (Phi) is 4.93. The second-order valence-electron chi connectivity index (χ2n) is 5.37. The van der Waals surface area contributed by atoms with Crippen molar-refractivity contribution in [2.75, 3.05) is 0 Å². The molecule has 6 heteroatoms. The molecule has 3 rings (SSSR count). The lowest BCUT2D eigenvalue weighted by atomic mass is 10.0. The van der Waals surface area contributed by atoms with Gasteiger partial charge in [-0.3, -0.25) is 0 Å². The van der Waals surface area contributed by atoms with Gasteiger partial charge in [0.25, 0.3) is 0 Å². The summed E-state index contributed by atoms with van der Waals surface area (Å²) in [4.78, 5) is 15.7. The number of pyridine rings is 1. The summed E-state index contributed by atoms with van der Waals surface area (Å²) in [6.07, 6.45) is 0. The second-order valence-corrected chi connectivity index (χ2v) is 6.22. The summed E-state index contributed by atoms with van der Waals surface area (Å²) in [7, 11) is 0. The molecule has 0 spiro atoms. The number of carboxylic acids is 1. The molecule has 1 heterocycles. The lowest BCUT2D eigenvalue weighted by molar-refractivity contribution is 0.0697. The maximum absolute atomic E-state index is 11.2. The highest BCUT2D eigenvalue weighted by atomic mass is 35.5. The van der Waals surface area contributed by atoms with Gasteiger partial charge in [-0.1, -0.05) is 35.3 Å². The third-order valence-electron chi connectivity index (χ3n) is 3.59. The first-order valence-corrected chi connectivity index (χ1v) is 8.14. The van der Waals surface area contributed by atoms with Crippen molar-refractivity contribution in [3.05, 3.63) is 75.8 Å². The van der Waals surface area contributed by atoms with E-state index >= 15 is 0 Å². The Morgan fingerprint density at radius 3 is 2.60 bits per heavy atom. The molecule has 4 nitrogen and oxygen atoms in total. The Hall–Kier alpha value is -2.56. The Morgan fingerprint density at radius 1 is 1.08 bits per heavy atom. The summed E-state index contributed by atoms with van der Waals surface area (Å²) in [5.74, 6) is -0.199. The van der Waals surface area contributed by atoms with Crippen LogP contribution in [-0.4, -0.2) is 16.1 Å². The predicted molar refractivity (Wildman–Crippen MR) is 97.9 cm³/mol. The minimum Gasteiger partial charge on any atom is -0.478 e. The van der Waals surface area contributed by atoms with Crippen molar-refractivity contribution in [2.45, 2.75) is 6.92 Å². The van der Waals surface area contributed by atoms with E-state index in [2.05, 4.69) is 4.98 Å². The first-order valence-electron chi connectivity index (χ1n) is 7.38. The SMILES string of the molecule is Cc1ccc(C(=O)O)cc1-c1cccc(Oc2ccc(Cl)cc2Cl)n1. The van der Waals surface area contributed by atoms with Gasteiger partial charge in [-0.05, 0) is 48.9 Å². The van der Waals surface area contributed by atoms with E-state index in [0.29, 0.717) is 27.4 Å². The summed E-state index contributed by atoms with van der Waals surface area (Å²) in [5, 5.41) is 10.1. The smallest absolute Gasteiger partial charge is 0.335 e. The highest BCUT2D eigenvalue weighted by Crippen LogP contribution is 2.32. The molecule has 126 valence electrons. The van der Waals surface area contributed by atoms with Gasteiger partial charge in [0.15, 0.2) is 0 Å². The van der Waals surface area contributed by atoms with Crippen LogP contribution in [0.5, 0.6) is 11.6 Å². The van der Waals surface area contributed by atoms with E-state index < -0.39 is 5.97 Å². The first-order chi connectivity index (χ1) is 11.9. The number of aromatic nitrogens is 1. The number of ether oxygens (including phenoxy) is 1. The van der Waals surface area contributed by atoms with Crippen molar-refractivity contribution in [1.82, 2.24) is 4.98 Å². The number of nitrogens with zero attached hydrogens (tertiary/aromatic N) is 1. The van der Waals surface area contributed by atoms with Gasteiger partial charge in [-0.15, -0.1) is 0 Å². The lowest BCUT2D eigenvalue weighted by Gasteiger charge is -2.10. The number of benzene rings is 2. The topological polar surface area (TPSA) is 59.4 Å². The number of carboxylic acid groups (broad SMARTS) is 1. The van der Waals surface area contributed by atoms with Crippen molar-refractivity contribution in [1.29, 1.82) is 0 Å². The van der Waals surface area contributed by atoms with Crippen LogP contribution < -0.4 is 4.74 Å². The monoisotopic (exact) mass is 373 g/mol. The van der Waals surface area contributed by atoms with Crippen LogP contribution in [0.1, 0.15) is 15.9 Å². The molecule has 0 amide bonds. The van der Waals surface area contributed by atoms with Crippen LogP contribution in [0.4, 0.5) is 0 Å². The summed E-state index contributed by atoms with van der Waals surface area (Å²) in [6.45, 7) is 1.90. The van der Waals surface area contributed by atoms with Crippen molar-refractivity contribution in [2.24, 2.45) is 0 Å². The highest BCUT2D eigenvalue weighted by molar-refractivity contribution is 6.35. The molecule has 1 N–H and O–H groups in total. The molecule has 0 aliphatic carbocycles. The average molecular weight is 374 g/mol. The van der Waals surface area contributed by atoms with Gasteiger partial charge in [0.1, 0.15) is 5.75 Å². The van der Waals surface area contributed by atoms with Gasteiger partial charge in [0, 0.05) is 16.7 Å². The molecule has 25 heavy (non-hydrogen) atoms. The molecule has 0 saturated heterocycles. The van der Waals surface area contributed by atoms with Crippen LogP contribution in [-0.2, 0) is 0 Å². The van der Waals surface area contributed by atoms with Gasteiger partial charge >= 0.3 is 5.97 Å². The van der Waals surface area contributed by atoms with Crippen LogP contribution >= 0.6 is 23.2 Å². The first kappa shape index (κ1) is 17.3. The Morgan fingerprint density at radius 2 is 1.88 bits per heavy atom. The molecule has 3 aromatic rings. The Balaban J connectivity index is 1.97. The molecule has 1 aromatic heterocycles. The highest BCUT2D eigenvalue weighted by Gasteiger charge is 2.11. The number of aryl methyl sites for hydroxylation is 1. The fourth-order valence-corrected chi connectivity index (χ4v) is 2.77. The number of carbonyl (C=O) groups is 1. The number of aromatic carboxylic acids is 1. The summed E-state index contributed by atoms with van der Waals surface area (Å²) in [5.41, 5.74) is 2.46. The molecule has 0 atom stereocenters. The molecule has 0 unspecified atom stereocenters. The average Bonchev–Trinajstić information content (AvgIpc) is 2.58. The zero-order chi connectivity index (χ0) is 18.0. The van der Waals surface area contributed by atoms with Crippen molar-refractivity contribution < 1.29 is 14.6 Å². The van der Waals surface area contributed by atoms with E-state index in [1.54, 1.807) is 54.6 Å². The minimum absolute atomic E-state index is 0.203. The maximum Gasteiger partial charge on any atom is 0.335 e.